The number of methoxy groups -OCH3 is 1. The zero-order valence-corrected chi connectivity index (χ0v) is 15.4. The molecule has 28 heavy (non-hydrogen) atoms. The van der Waals surface area contributed by atoms with Crippen molar-refractivity contribution in [1.82, 2.24) is 9.97 Å². The summed E-state index contributed by atoms with van der Waals surface area (Å²) in [6.45, 7) is 1.38. The highest BCUT2D eigenvalue weighted by molar-refractivity contribution is 5.87. The lowest BCUT2D eigenvalue weighted by molar-refractivity contribution is -0.384. The Labute approximate surface area is 160 Å². The number of nitrogens with one attached hydrogen (secondary N) is 1. The van der Waals surface area contributed by atoms with Crippen LogP contribution in [-0.4, -0.2) is 35.1 Å². The van der Waals surface area contributed by atoms with Crippen molar-refractivity contribution in [1.29, 1.82) is 0 Å². The molecule has 1 fully saturated rings. The van der Waals surface area contributed by atoms with Gasteiger partial charge < -0.3 is 14.6 Å². The molecule has 0 amide bonds. The predicted molar refractivity (Wildman–Crippen MR) is 106 cm³/mol. The summed E-state index contributed by atoms with van der Waals surface area (Å²) in [4.78, 5) is 31.8. The van der Waals surface area contributed by atoms with Crippen LogP contribution in [0.25, 0.3) is 10.9 Å². The quantitative estimate of drug-likeness (QED) is 0.551. The Morgan fingerprint density at radius 3 is 2.75 bits per heavy atom. The zero-order valence-electron chi connectivity index (χ0n) is 15.4. The van der Waals surface area contributed by atoms with E-state index >= 15 is 0 Å². The van der Waals surface area contributed by atoms with Gasteiger partial charge in [-0.05, 0) is 42.5 Å². The largest absolute Gasteiger partial charge is 0.497 e. The molecule has 0 unspecified atom stereocenters. The SMILES string of the molecule is COc1cccc(C2CCN(c3cc4nc[nH]c(=O)c4cc3[N+](=O)[O-])CC2)c1. The lowest BCUT2D eigenvalue weighted by Gasteiger charge is -2.33. The molecule has 0 spiro atoms. The van der Waals surface area contributed by atoms with Gasteiger partial charge in [0, 0.05) is 19.2 Å². The van der Waals surface area contributed by atoms with Gasteiger partial charge in [0.1, 0.15) is 11.4 Å². The van der Waals surface area contributed by atoms with Crippen molar-refractivity contribution in [2.75, 3.05) is 25.1 Å². The number of fused-ring (bicyclic) bond motifs is 1. The van der Waals surface area contributed by atoms with Crippen LogP contribution < -0.4 is 15.2 Å². The van der Waals surface area contributed by atoms with E-state index in [9.17, 15) is 14.9 Å². The third-order valence-corrected chi connectivity index (χ3v) is 5.33. The van der Waals surface area contributed by atoms with Gasteiger partial charge in [-0.3, -0.25) is 14.9 Å². The summed E-state index contributed by atoms with van der Waals surface area (Å²) in [6, 6.07) is 11.0. The molecule has 0 radical (unpaired) electrons. The van der Waals surface area contributed by atoms with Crippen LogP contribution in [0.4, 0.5) is 11.4 Å². The highest BCUT2D eigenvalue weighted by Crippen LogP contribution is 2.36. The van der Waals surface area contributed by atoms with E-state index in [1.807, 2.05) is 17.0 Å². The van der Waals surface area contributed by atoms with Crippen molar-refractivity contribution in [2.45, 2.75) is 18.8 Å². The summed E-state index contributed by atoms with van der Waals surface area (Å²) in [5.74, 6) is 1.22. The second kappa shape index (κ2) is 7.30. The predicted octanol–water partition coefficient (Wildman–Crippen LogP) is 3.22. The van der Waals surface area contributed by atoms with Crippen LogP contribution in [0.1, 0.15) is 24.3 Å². The molecule has 0 atom stereocenters. The number of ether oxygens (including phenoxy) is 1. The summed E-state index contributed by atoms with van der Waals surface area (Å²) in [7, 11) is 1.65. The van der Waals surface area contributed by atoms with E-state index < -0.39 is 4.92 Å². The number of aromatic amines is 1. The molecular formula is C20H20N4O4. The highest BCUT2D eigenvalue weighted by atomic mass is 16.6. The van der Waals surface area contributed by atoms with E-state index in [1.165, 1.54) is 18.0 Å². The molecule has 4 rings (SSSR count). The number of hydrogen-bond acceptors (Lipinski definition) is 6. The fraction of sp³-hybridized carbons (Fsp3) is 0.300. The zero-order chi connectivity index (χ0) is 19.7. The van der Waals surface area contributed by atoms with Crippen LogP contribution in [0.2, 0.25) is 0 Å². The van der Waals surface area contributed by atoms with Crippen LogP contribution >= 0.6 is 0 Å². The van der Waals surface area contributed by atoms with Gasteiger partial charge in [-0.1, -0.05) is 12.1 Å². The summed E-state index contributed by atoms with van der Waals surface area (Å²) >= 11 is 0. The van der Waals surface area contributed by atoms with E-state index in [4.69, 9.17) is 4.74 Å². The molecule has 1 aromatic heterocycles. The monoisotopic (exact) mass is 380 g/mol. The van der Waals surface area contributed by atoms with Gasteiger partial charge in [-0.15, -0.1) is 0 Å². The third-order valence-electron chi connectivity index (χ3n) is 5.33. The molecule has 1 aliphatic rings. The normalized spacial score (nSPS) is 15.0. The van der Waals surface area contributed by atoms with Crippen molar-refractivity contribution >= 4 is 22.3 Å². The number of piperidine rings is 1. The van der Waals surface area contributed by atoms with Gasteiger partial charge in [-0.25, -0.2) is 4.98 Å². The Hall–Kier alpha value is -3.42. The molecule has 1 saturated heterocycles. The number of nitrogens with zero attached hydrogens (tertiary/aromatic N) is 3. The number of aromatic nitrogens is 2. The van der Waals surface area contributed by atoms with Crippen molar-refractivity contribution < 1.29 is 9.66 Å². The van der Waals surface area contributed by atoms with Crippen LogP contribution in [0.5, 0.6) is 5.75 Å². The summed E-state index contributed by atoms with van der Waals surface area (Å²) in [6.07, 6.45) is 3.08. The first-order valence-corrected chi connectivity index (χ1v) is 9.11. The van der Waals surface area contributed by atoms with E-state index in [0.29, 0.717) is 30.2 Å². The number of benzene rings is 2. The van der Waals surface area contributed by atoms with Crippen LogP contribution in [0.15, 0.2) is 47.5 Å². The van der Waals surface area contributed by atoms with Crippen molar-refractivity contribution in [3.63, 3.8) is 0 Å². The summed E-state index contributed by atoms with van der Waals surface area (Å²) in [5.41, 5.74) is 1.75. The highest BCUT2D eigenvalue weighted by Gasteiger charge is 2.27. The first-order valence-electron chi connectivity index (χ1n) is 9.11. The molecule has 0 aliphatic carbocycles. The minimum Gasteiger partial charge on any atom is -0.497 e. The molecular weight excluding hydrogens is 360 g/mol. The Bertz CT molecular complexity index is 1090. The van der Waals surface area contributed by atoms with E-state index in [1.54, 1.807) is 13.2 Å². The average Bonchev–Trinajstić information content (AvgIpc) is 2.73. The van der Waals surface area contributed by atoms with Crippen molar-refractivity contribution in [3.8, 4) is 5.75 Å². The van der Waals surface area contributed by atoms with E-state index in [2.05, 4.69) is 22.1 Å². The molecule has 0 saturated carbocycles. The van der Waals surface area contributed by atoms with Crippen molar-refractivity contribution in [2.24, 2.45) is 0 Å². The van der Waals surface area contributed by atoms with Gasteiger partial charge in [0.15, 0.2) is 0 Å². The molecule has 2 heterocycles. The molecule has 1 N–H and O–H groups in total. The van der Waals surface area contributed by atoms with Gasteiger partial charge in [0.05, 0.1) is 29.3 Å². The van der Waals surface area contributed by atoms with Crippen LogP contribution in [-0.2, 0) is 0 Å². The van der Waals surface area contributed by atoms with Crippen LogP contribution in [0.3, 0.4) is 0 Å². The fourth-order valence-corrected chi connectivity index (χ4v) is 3.84. The second-order valence-corrected chi connectivity index (χ2v) is 6.88. The Kier molecular flexibility index (Phi) is 4.68. The first kappa shape index (κ1) is 18.0. The molecule has 1 aliphatic heterocycles. The lowest BCUT2D eigenvalue weighted by atomic mass is 9.89. The fourth-order valence-electron chi connectivity index (χ4n) is 3.84. The van der Waals surface area contributed by atoms with Gasteiger partial charge in [-0.2, -0.15) is 0 Å². The maximum atomic E-state index is 12.0. The Morgan fingerprint density at radius 2 is 2.04 bits per heavy atom. The van der Waals surface area contributed by atoms with E-state index in [0.717, 1.165) is 18.6 Å². The van der Waals surface area contributed by atoms with Crippen LogP contribution in [0, 0.1) is 10.1 Å². The first-order chi connectivity index (χ1) is 13.6. The number of rotatable bonds is 4. The molecule has 2 aromatic carbocycles. The molecule has 8 heteroatoms. The topological polar surface area (TPSA) is 101 Å². The number of H-pyrrole nitrogens is 1. The van der Waals surface area contributed by atoms with Crippen molar-refractivity contribution in [3.05, 3.63) is 68.8 Å². The number of anilines is 1. The van der Waals surface area contributed by atoms with Gasteiger partial charge >= 0.3 is 0 Å². The minimum absolute atomic E-state index is 0.0640. The smallest absolute Gasteiger partial charge is 0.293 e. The standard InChI is InChI=1S/C20H20N4O4/c1-28-15-4-2-3-14(9-15)13-5-7-23(8-6-13)18-11-17-16(10-19(18)24(26)27)20(25)22-12-21-17/h2-4,9-13H,5-8H2,1H3,(H,21,22,25). The van der Waals surface area contributed by atoms with E-state index in [-0.39, 0.29) is 16.6 Å². The average molecular weight is 380 g/mol. The minimum atomic E-state index is -0.435. The number of nitro benzene ring substituents is 1. The second-order valence-electron chi connectivity index (χ2n) is 6.88. The van der Waals surface area contributed by atoms with Gasteiger partial charge in [0.2, 0.25) is 0 Å². The summed E-state index contributed by atoms with van der Waals surface area (Å²) < 4.78 is 5.31. The Balaban J connectivity index is 1.62. The van der Waals surface area contributed by atoms with Gasteiger partial charge in [0.25, 0.3) is 11.2 Å². The third kappa shape index (κ3) is 3.28. The summed E-state index contributed by atoms with van der Waals surface area (Å²) in [5, 5.41) is 11.8. The number of hydrogen-bond donors (Lipinski definition) is 1. The molecule has 0 bridgehead atoms. The molecule has 3 aromatic rings. The Morgan fingerprint density at radius 1 is 1.25 bits per heavy atom. The maximum Gasteiger partial charge on any atom is 0.293 e. The number of nitro groups is 1. The lowest BCUT2D eigenvalue weighted by Crippen LogP contribution is -2.33. The maximum absolute atomic E-state index is 12.0. The molecule has 8 nitrogen and oxygen atoms in total. The molecule has 144 valence electrons.